The summed E-state index contributed by atoms with van der Waals surface area (Å²) in [6.07, 6.45) is 6.12. The zero-order chi connectivity index (χ0) is 19.9. The fourth-order valence-electron chi connectivity index (χ4n) is 3.96. The maximum Gasteiger partial charge on any atom is 0.216 e. The second-order valence-corrected chi connectivity index (χ2v) is 11.8. The van der Waals surface area contributed by atoms with Crippen molar-refractivity contribution in [3.05, 3.63) is 41.9 Å². The van der Waals surface area contributed by atoms with Gasteiger partial charge >= 0.3 is 0 Å². The molecule has 5 nitrogen and oxygen atoms in total. The molecular formula is C22H31N3O2S. The summed E-state index contributed by atoms with van der Waals surface area (Å²) < 4.78 is 27.0. The monoisotopic (exact) mass is 401 g/mol. The van der Waals surface area contributed by atoms with Crippen molar-refractivity contribution in [2.75, 3.05) is 0 Å². The molecule has 2 aliphatic carbocycles. The van der Waals surface area contributed by atoms with E-state index in [2.05, 4.69) is 34.0 Å². The summed E-state index contributed by atoms with van der Waals surface area (Å²) >= 11 is 0. The Bertz CT molecular complexity index is 916. The molecule has 0 bridgehead atoms. The Morgan fingerprint density at radius 1 is 0.964 bits per heavy atom. The molecule has 0 atom stereocenters. The van der Waals surface area contributed by atoms with E-state index in [0.29, 0.717) is 11.8 Å². The van der Waals surface area contributed by atoms with E-state index in [-0.39, 0.29) is 6.04 Å². The van der Waals surface area contributed by atoms with Crippen LogP contribution in [0.15, 0.2) is 30.3 Å². The van der Waals surface area contributed by atoms with Gasteiger partial charge in [-0.3, -0.25) is 0 Å². The van der Waals surface area contributed by atoms with Gasteiger partial charge in [-0.1, -0.05) is 30.3 Å². The van der Waals surface area contributed by atoms with E-state index in [1.54, 1.807) is 20.8 Å². The van der Waals surface area contributed by atoms with Gasteiger partial charge in [-0.15, -0.1) is 0 Å². The van der Waals surface area contributed by atoms with Crippen molar-refractivity contribution < 1.29 is 8.42 Å². The molecule has 4 rings (SSSR count). The van der Waals surface area contributed by atoms with Gasteiger partial charge in [-0.2, -0.15) is 0 Å². The van der Waals surface area contributed by atoms with Crippen molar-refractivity contribution in [1.82, 2.24) is 14.7 Å². The molecule has 0 aliphatic heterocycles. The summed E-state index contributed by atoms with van der Waals surface area (Å²) in [5, 5.41) is 0. The fraction of sp³-hybridized carbons (Fsp3) is 0.591. The number of nitrogens with zero attached hydrogens (tertiary/aromatic N) is 1. The number of nitrogens with one attached hydrogen (secondary N) is 2. The fourth-order valence-corrected chi connectivity index (χ4v) is 4.99. The number of aromatic amines is 1. The molecule has 2 fully saturated rings. The van der Waals surface area contributed by atoms with E-state index in [4.69, 9.17) is 4.98 Å². The average Bonchev–Trinajstić information content (AvgIpc) is 3.40. The van der Waals surface area contributed by atoms with Crippen LogP contribution in [0, 0.1) is 0 Å². The van der Waals surface area contributed by atoms with Crippen molar-refractivity contribution in [2.45, 2.75) is 81.9 Å². The molecule has 0 saturated heterocycles. The molecule has 0 spiro atoms. The molecule has 2 aromatic rings. The highest BCUT2D eigenvalue weighted by atomic mass is 32.2. The van der Waals surface area contributed by atoms with Crippen molar-refractivity contribution >= 4 is 10.0 Å². The zero-order valence-electron chi connectivity index (χ0n) is 17.0. The standard InChI is InChI=1S/C22H31N3O2S/c1-22(2,3)28(26,27)25-18-13-11-17(12-14-18)21-23-19(15-7-5-4-6-8-15)20(24-21)16-9-10-16/h4-8,16-18,25H,9-14H2,1-3H3,(H,23,24)/t17-,18-. The molecule has 152 valence electrons. The molecule has 0 unspecified atom stereocenters. The average molecular weight is 402 g/mol. The third-order valence-electron chi connectivity index (χ3n) is 6.02. The number of rotatable bonds is 5. The number of imidazole rings is 1. The van der Waals surface area contributed by atoms with Crippen LogP contribution in [0.25, 0.3) is 11.3 Å². The van der Waals surface area contributed by atoms with E-state index in [1.807, 2.05) is 6.07 Å². The molecule has 2 N–H and O–H groups in total. The Labute approximate surface area is 168 Å². The summed E-state index contributed by atoms with van der Waals surface area (Å²) in [6, 6.07) is 10.5. The molecule has 28 heavy (non-hydrogen) atoms. The van der Waals surface area contributed by atoms with Gasteiger partial charge in [0.2, 0.25) is 10.0 Å². The van der Waals surface area contributed by atoms with Gasteiger partial charge in [0.05, 0.1) is 10.4 Å². The number of aromatic nitrogens is 2. The third-order valence-corrected chi connectivity index (χ3v) is 8.28. The Hall–Kier alpha value is -1.66. The van der Waals surface area contributed by atoms with Crippen LogP contribution in [0.5, 0.6) is 0 Å². The summed E-state index contributed by atoms with van der Waals surface area (Å²) in [5.41, 5.74) is 3.57. The van der Waals surface area contributed by atoms with E-state index < -0.39 is 14.8 Å². The zero-order valence-corrected chi connectivity index (χ0v) is 17.8. The van der Waals surface area contributed by atoms with Gasteiger partial charge in [-0.05, 0) is 59.3 Å². The van der Waals surface area contributed by atoms with Gasteiger partial charge in [0.1, 0.15) is 5.82 Å². The van der Waals surface area contributed by atoms with Crippen LogP contribution >= 0.6 is 0 Å². The molecule has 6 heteroatoms. The van der Waals surface area contributed by atoms with Crippen molar-refractivity contribution in [3.8, 4) is 11.3 Å². The topological polar surface area (TPSA) is 74.8 Å². The normalized spacial score (nSPS) is 23.7. The maximum atomic E-state index is 12.4. The number of H-pyrrole nitrogens is 1. The highest BCUT2D eigenvalue weighted by Crippen LogP contribution is 2.44. The van der Waals surface area contributed by atoms with Gasteiger partial charge in [0.15, 0.2) is 0 Å². The van der Waals surface area contributed by atoms with E-state index in [1.165, 1.54) is 24.1 Å². The Balaban J connectivity index is 1.47. The second kappa shape index (κ2) is 7.30. The second-order valence-electron chi connectivity index (χ2n) is 9.31. The molecule has 1 aromatic heterocycles. The largest absolute Gasteiger partial charge is 0.345 e. The molecule has 2 saturated carbocycles. The van der Waals surface area contributed by atoms with E-state index in [9.17, 15) is 8.42 Å². The predicted molar refractivity (Wildman–Crippen MR) is 113 cm³/mol. The quantitative estimate of drug-likeness (QED) is 0.763. The molecule has 2 aliphatic rings. The Kier molecular flexibility index (Phi) is 5.12. The number of sulfonamides is 1. The molecular weight excluding hydrogens is 370 g/mol. The first-order valence-electron chi connectivity index (χ1n) is 10.4. The Morgan fingerprint density at radius 3 is 2.14 bits per heavy atom. The summed E-state index contributed by atoms with van der Waals surface area (Å²) in [7, 11) is -3.29. The van der Waals surface area contributed by atoms with E-state index >= 15 is 0 Å². The lowest BCUT2D eigenvalue weighted by Gasteiger charge is -2.30. The summed E-state index contributed by atoms with van der Waals surface area (Å²) in [6.45, 7) is 5.23. The van der Waals surface area contributed by atoms with Gasteiger partial charge < -0.3 is 4.98 Å². The van der Waals surface area contributed by atoms with Gasteiger partial charge in [0.25, 0.3) is 0 Å². The minimum Gasteiger partial charge on any atom is -0.345 e. The molecule has 0 radical (unpaired) electrons. The number of hydrogen-bond donors (Lipinski definition) is 2. The highest BCUT2D eigenvalue weighted by molar-refractivity contribution is 7.90. The molecule has 0 amide bonds. The maximum absolute atomic E-state index is 12.4. The highest BCUT2D eigenvalue weighted by Gasteiger charge is 2.35. The van der Waals surface area contributed by atoms with Crippen molar-refractivity contribution in [3.63, 3.8) is 0 Å². The smallest absolute Gasteiger partial charge is 0.216 e. The van der Waals surface area contributed by atoms with Gasteiger partial charge in [0, 0.05) is 29.1 Å². The lowest BCUT2D eigenvalue weighted by atomic mass is 9.86. The van der Waals surface area contributed by atoms with Crippen LogP contribution in [0.4, 0.5) is 0 Å². The minimum absolute atomic E-state index is 0.0342. The number of benzene rings is 1. The van der Waals surface area contributed by atoms with Crippen LogP contribution < -0.4 is 4.72 Å². The summed E-state index contributed by atoms with van der Waals surface area (Å²) in [5.74, 6) is 2.08. The minimum atomic E-state index is -3.29. The predicted octanol–water partition coefficient (Wildman–Crippen LogP) is 4.70. The van der Waals surface area contributed by atoms with Crippen LogP contribution in [0.2, 0.25) is 0 Å². The lowest BCUT2D eigenvalue weighted by molar-refractivity contribution is 0.363. The van der Waals surface area contributed by atoms with Crippen molar-refractivity contribution in [2.24, 2.45) is 0 Å². The first kappa shape index (κ1) is 19.6. The van der Waals surface area contributed by atoms with Crippen molar-refractivity contribution in [1.29, 1.82) is 0 Å². The SMILES string of the molecule is CC(C)(C)S(=O)(=O)N[C@H]1CC[C@H](c2nc(-c3ccccc3)c(C3CC3)[nH]2)CC1. The summed E-state index contributed by atoms with van der Waals surface area (Å²) in [4.78, 5) is 8.66. The lowest BCUT2D eigenvalue weighted by Crippen LogP contribution is -2.45. The van der Waals surface area contributed by atoms with E-state index in [0.717, 1.165) is 37.2 Å². The first-order chi connectivity index (χ1) is 13.2. The van der Waals surface area contributed by atoms with Crippen LogP contribution in [0.1, 0.15) is 82.7 Å². The molecule has 1 heterocycles. The van der Waals surface area contributed by atoms with Crippen LogP contribution in [-0.4, -0.2) is 29.2 Å². The molecule has 1 aromatic carbocycles. The Morgan fingerprint density at radius 2 is 1.57 bits per heavy atom. The first-order valence-corrected chi connectivity index (χ1v) is 11.9. The van der Waals surface area contributed by atoms with Crippen LogP contribution in [-0.2, 0) is 10.0 Å². The van der Waals surface area contributed by atoms with Gasteiger partial charge in [-0.25, -0.2) is 18.1 Å². The number of hydrogen-bond acceptors (Lipinski definition) is 3. The third kappa shape index (κ3) is 4.03. The van der Waals surface area contributed by atoms with Crippen LogP contribution in [0.3, 0.4) is 0 Å².